The number of carbonyl (C=O) groups excluding carboxylic acids is 1. The number of hydrogen-bond donors (Lipinski definition) is 0. The molecular weight excluding hydrogens is 260 g/mol. The first-order valence-corrected chi connectivity index (χ1v) is 8.40. The molecule has 5 heteroatoms. The monoisotopic (exact) mass is 288 g/mol. The predicted molar refractivity (Wildman–Crippen MR) is 83.3 cm³/mol. The third-order valence-electron chi connectivity index (χ3n) is 3.52. The number of rotatable bonds is 11. The lowest BCUT2D eigenvalue weighted by molar-refractivity contribution is -0.132. The molecule has 0 aromatic rings. The Labute approximate surface area is 121 Å². The van der Waals surface area contributed by atoms with Gasteiger partial charge in [-0.25, -0.2) is 0 Å². The third kappa shape index (κ3) is 5.93. The molecule has 0 spiro atoms. The minimum Gasteiger partial charge on any atom is -0.322 e. The van der Waals surface area contributed by atoms with Crippen LogP contribution in [-0.4, -0.2) is 35.5 Å². The van der Waals surface area contributed by atoms with E-state index in [1.165, 1.54) is 4.90 Å². The van der Waals surface area contributed by atoms with Crippen LogP contribution < -0.4 is 0 Å². The summed E-state index contributed by atoms with van der Waals surface area (Å²) in [6.45, 7) is 4.25. The van der Waals surface area contributed by atoms with Gasteiger partial charge < -0.3 is 4.90 Å². The van der Waals surface area contributed by atoms with Crippen LogP contribution in [0.1, 0.15) is 58.8 Å². The molecular formula is C14H28N2O2S. The van der Waals surface area contributed by atoms with Crippen LogP contribution >= 0.6 is 11.8 Å². The number of thioether (sulfide) groups is 1. The first-order chi connectivity index (χ1) is 9.07. The van der Waals surface area contributed by atoms with Crippen molar-refractivity contribution in [1.82, 2.24) is 4.90 Å². The van der Waals surface area contributed by atoms with Crippen molar-refractivity contribution in [2.75, 3.05) is 20.0 Å². The van der Waals surface area contributed by atoms with E-state index < -0.39 is 0 Å². The van der Waals surface area contributed by atoms with Gasteiger partial charge in [0.05, 0.1) is 4.75 Å². The second-order valence-electron chi connectivity index (χ2n) is 5.03. The lowest BCUT2D eigenvalue weighted by atomic mass is 9.93. The van der Waals surface area contributed by atoms with Gasteiger partial charge in [0.15, 0.2) is 6.67 Å². The summed E-state index contributed by atoms with van der Waals surface area (Å²) in [5, 5.41) is 2.83. The van der Waals surface area contributed by atoms with Crippen LogP contribution in [0.5, 0.6) is 0 Å². The van der Waals surface area contributed by atoms with Gasteiger partial charge in [-0.3, -0.25) is 4.79 Å². The average Bonchev–Trinajstić information content (AvgIpc) is 2.42. The number of hydrogen-bond acceptors (Lipinski definition) is 4. The molecule has 0 aromatic heterocycles. The van der Waals surface area contributed by atoms with Gasteiger partial charge in [0.2, 0.25) is 5.91 Å². The fourth-order valence-corrected chi connectivity index (χ4v) is 3.28. The normalized spacial score (nSPS) is 13.9. The zero-order valence-corrected chi connectivity index (χ0v) is 13.6. The highest BCUT2D eigenvalue weighted by Gasteiger charge is 2.38. The van der Waals surface area contributed by atoms with Crippen molar-refractivity contribution in [3.63, 3.8) is 0 Å². The molecule has 0 aliphatic rings. The molecule has 1 atom stereocenters. The van der Waals surface area contributed by atoms with Gasteiger partial charge in [0.25, 0.3) is 0 Å². The molecule has 0 aliphatic carbocycles. The molecule has 19 heavy (non-hydrogen) atoms. The number of unbranched alkanes of at least 4 members (excludes halogenated alkanes) is 3. The van der Waals surface area contributed by atoms with E-state index in [4.69, 9.17) is 0 Å². The van der Waals surface area contributed by atoms with Crippen LogP contribution in [-0.2, 0) is 4.79 Å². The smallest absolute Gasteiger partial charge is 0.240 e. The fourth-order valence-electron chi connectivity index (χ4n) is 2.25. The van der Waals surface area contributed by atoms with Gasteiger partial charge in [0.1, 0.15) is 0 Å². The Hall–Kier alpha value is -0.580. The number of amides is 1. The van der Waals surface area contributed by atoms with Crippen molar-refractivity contribution in [1.29, 1.82) is 0 Å². The number of nitroso groups, excluding NO2 is 1. The van der Waals surface area contributed by atoms with Crippen molar-refractivity contribution in [2.24, 2.45) is 5.18 Å². The largest absolute Gasteiger partial charge is 0.322 e. The van der Waals surface area contributed by atoms with E-state index in [0.29, 0.717) is 0 Å². The van der Waals surface area contributed by atoms with E-state index in [-0.39, 0.29) is 17.3 Å². The molecule has 0 rings (SSSR count). The van der Waals surface area contributed by atoms with Gasteiger partial charge in [0, 0.05) is 7.05 Å². The molecule has 0 aromatic carbocycles. The topological polar surface area (TPSA) is 49.7 Å². The zero-order chi connectivity index (χ0) is 14.7. The second kappa shape index (κ2) is 10.2. The Bertz CT molecular complexity index is 274. The first-order valence-electron chi connectivity index (χ1n) is 7.17. The summed E-state index contributed by atoms with van der Waals surface area (Å²) in [5.41, 5.74) is 0. The molecule has 0 bridgehead atoms. The van der Waals surface area contributed by atoms with Crippen LogP contribution in [0.15, 0.2) is 5.18 Å². The molecule has 1 amide bonds. The molecule has 0 saturated heterocycles. The zero-order valence-electron chi connectivity index (χ0n) is 12.8. The quantitative estimate of drug-likeness (QED) is 0.426. The van der Waals surface area contributed by atoms with E-state index in [9.17, 15) is 9.70 Å². The van der Waals surface area contributed by atoms with E-state index in [1.54, 1.807) is 18.8 Å². The number of carbonyl (C=O) groups is 1. The van der Waals surface area contributed by atoms with Gasteiger partial charge in [-0.15, -0.1) is 16.7 Å². The summed E-state index contributed by atoms with van der Waals surface area (Å²) < 4.78 is -0.370. The molecule has 0 saturated carbocycles. The summed E-state index contributed by atoms with van der Waals surface area (Å²) in [6, 6.07) is 0. The molecule has 0 fully saturated rings. The maximum atomic E-state index is 12.6. The van der Waals surface area contributed by atoms with Crippen LogP contribution in [0.3, 0.4) is 0 Å². The van der Waals surface area contributed by atoms with Crippen molar-refractivity contribution >= 4 is 17.7 Å². The molecule has 112 valence electrons. The van der Waals surface area contributed by atoms with Crippen LogP contribution in [0.25, 0.3) is 0 Å². The summed E-state index contributed by atoms with van der Waals surface area (Å²) >= 11 is 1.64. The van der Waals surface area contributed by atoms with Crippen LogP contribution in [0, 0.1) is 4.91 Å². The summed E-state index contributed by atoms with van der Waals surface area (Å²) in [6.07, 6.45) is 9.27. The molecule has 4 nitrogen and oxygen atoms in total. The Morgan fingerprint density at radius 3 is 2.21 bits per heavy atom. The lowest BCUT2D eigenvalue weighted by Gasteiger charge is -2.34. The van der Waals surface area contributed by atoms with E-state index in [1.807, 2.05) is 6.26 Å². The Kier molecular flexibility index (Phi) is 9.92. The second-order valence-corrected chi connectivity index (χ2v) is 6.22. The molecule has 0 heterocycles. The van der Waals surface area contributed by atoms with Gasteiger partial charge in [-0.1, -0.05) is 46.0 Å². The summed E-state index contributed by atoms with van der Waals surface area (Å²) in [4.78, 5) is 24.4. The minimum atomic E-state index is -0.370. The standard InChI is InChI=1S/C14H28N2O2S/c1-5-7-9-11-14(19-4,10-8-6-2)13(17)16(3)12-15-18/h5-12H2,1-4H3. The molecule has 0 radical (unpaired) electrons. The minimum absolute atomic E-state index is 0.0545. The molecule has 0 aliphatic heterocycles. The van der Waals surface area contributed by atoms with E-state index >= 15 is 0 Å². The Morgan fingerprint density at radius 1 is 1.16 bits per heavy atom. The Morgan fingerprint density at radius 2 is 1.74 bits per heavy atom. The summed E-state index contributed by atoms with van der Waals surface area (Å²) in [7, 11) is 1.67. The molecule has 0 N–H and O–H groups in total. The van der Waals surface area contributed by atoms with Crippen LogP contribution in [0.4, 0.5) is 0 Å². The van der Waals surface area contributed by atoms with E-state index in [2.05, 4.69) is 19.0 Å². The van der Waals surface area contributed by atoms with Gasteiger partial charge >= 0.3 is 0 Å². The van der Waals surface area contributed by atoms with Crippen LogP contribution in [0.2, 0.25) is 0 Å². The summed E-state index contributed by atoms with van der Waals surface area (Å²) in [5.74, 6) is 0.0594. The maximum Gasteiger partial charge on any atom is 0.240 e. The predicted octanol–water partition coefficient (Wildman–Crippen LogP) is 4.04. The van der Waals surface area contributed by atoms with Crippen molar-refractivity contribution in [3.05, 3.63) is 4.91 Å². The average molecular weight is 288 g/mol. The van der Waals surface area contributed by atoms with E-state index in [0.717, 1.165) is 44.9 Å². The SMILES string of the molecule is CCCCCC(CCCC)(SC)C(=O)N(C)CN=O. The lowest BCUT2D eigenvalue weighted by Crippen LogP contribution is -2.45. The number of nitrogens with zero attached hydrogens (tertiary/aromatic N) is 2. The highest BCUT2D eigenvalue weighted by atomic mass is 32.2. The molecule has 1 unspecified atom stereocenters. The third-order valence-corrected chi connectivity index (χ3v) is 4.88. The Balaban J connectivity index is 4.86. The van der Waals surface area contributed by atoms with Gasteiger partial charge in [-0.2, -0.15) is 0 Å². The van der Waals surface area contributed by atoms with Gasteiger partial charge in [-0.05, 0) is 24.3 Å². The highest BCUT2D eigenvalue weighted by molar-refractivity contribution is 8.00. The van der Waals surface area contributed by atoms with Crippen molar-refractivity contribution in [2.45, 2.75) is 63.5 Å². The van der Waals surface area contributed by atoms with Crippen molar-refractivity contribution in [3.8, 4) is 0 Å². The van der Waals surface area contributed by atoms with Crippen molar-refractivity contribution < 1.29 is 4.79 Å². The maximum absolute atomic E-state index is 12.6. The fraction of sp³-hybridized carbons (Fsp3) is 0.929. The highest BCUT2D eigenvalue weighted by Crippen LogP contribution is 2.36. The first kappa shape index (κ1) is 18.4.